The molecule has 2 saturated heterocycles. The average molecular weight is 937 g/mol. The lowest BCUT2D eigenvalue weighted by molar-refractivity contribution is -0.159. The predicted octanol–water partition coefficient (Wildman–Crippen LogP) is 7.12. The highest BCUT2D eigenvalue weighted by atomic mass is 32.1. The zero-order valence-corrected chi connectivity index (χ0v) is 39.0. The summed E-state index contributed by atoms with van der Waals surface area (Å²) >= 11 is 1.30. The van der Waals surface area contributed by atoms with E-state index in [1.165, 1.54) is 36.7 Å². The van der Waals surface area contributed by atoms with Gasteiger partial charge in [-0.15, -0.1) is 0 Å². The van der Waals surface area contributed by atoms with Crippen molar-refractivity contribution in [3.8, 4) is 39.5 Å². The number of H-pyrrole nitrogens is 2. The third-order valence-corrected chi connectivity index (χ3v) is 13.8. The maximum absolute atomic E-state index is 16.8. The molecule has 4 amide bonds. The van der Waals surface area contributed by atoms with Crippen molar-refractivity contribution in [3.63, 3.8) is 0 Å². The second kappa shape index (κ2) is 17.8. The van der Waals surface area contributed by atoms with Crippen LogP contribution in [0.3, 0.4) is 0 Å². The first kappa shape index (κ1) is 45.4. The van der Waals surface area contributed by atoms with E-state index in [0.717, 1.165) is 33.5 Å². The number of hydrogen-bond acceptors (Lipinski definition) is 12. The molecule has 2 aromatic carbocycles. The Balaban J connectivity index is 1.03. The molecule has 0 saturated carbocycles. The van der Waals surface area contributed by atoms with Gasteiger partial charge in [-0.25, -0.2) is 23.9 Å². The topological polar surface area (TPSA) is 222 Å². The van der Waals surface area contributed by atoms with E-state index < -0.39 is 47.9 Å². The molecule has 352 valence electrons. The summed E-state index contributed by atoms with van der Waals surface area (Å²) in [6, 6.07) is 10.8. The Hall–Kier alpha value is -6.80. The number of likely N-dealkylation sites (tertiary alicyclic amines) is 2. The molecular weight excluding hydrogens is 884 g/mol. The molecule has 18 nitrogen and oxygen atoms in total. The van der Waals surface area contributed by atoms with Crippen molar-refractivity contribution in [2.75, 3.05) is 27.3 Å². The van der Waals surface area contributed by atoms with Gasteiger partial charge in [0.05, 0.1) is 71.4 Å². The number of carbonyl (C=O) groups excluding carboxylic acids is 4. The van der Waals surface area contributed by atoms with Gasteiger partial charge in [0.2, 0.25) is 18.0 Å². The van der Waals surface area contributed by atoms with E-state index in [2.05, 4.69) is 34.9 Å². The van der Waals surface area contributed by atoms with Crippen LogP contribution < -0.4 is 15.4 Å². The second-order valence-corrected chi connectivity index (χ2v) is 18.8. The van der Waals surface area contributed by atoms with E-state index in [-0.39, 0.29) is 48.1 Å². The number of nitrogens with one attached hydrogen (secondary N) is 4. The molecule has 6 aromatic rings. The molecule has 0 bridgehead atoms. The zero-order valence-electron chi connectivity index (χ0n) is 38.2. The molecule has 0 spiro atoms. The molecule has 4 aromatic heterocycles. The third kappa shape index (κ3) is 8.15. The molecule has 67 heavy (non-hydrogen) atoms. The summed E-state index contributed by atoms with van der Waals surface area (Å²) in [5.41, 5.74) is 3.10. The van der Waals surface area contributed by atoms with Crippen LogP contribution in [0.4, 0.5) is 14.0 Å². The molecule has 3 aliphatic heterocycles. The lowest BCUT2D eigenvalue weighted by Crippen LogP contribution is -2.56. The molecule has 7 heterocycles. The molecule has 20 heteroatoms. The van der Waals surface area contributed by atoms with Gasteiger partial charge >= 0.3 is 12.2 Å². The van der Waals surface area contributed by atoms with Crippen molar-refractivity contribution in [2.24, 2.45) is 11.8 Å². The number of amides is 4. The van der Waals surface area contributed by atoms with Gasteiger partial charge in [-0.3, -0.25) is 14.2 Å². The number of imidazole rings is 2. The van der Waals surface area contributed by atoms with Crippen LogP contribution in [-0.4, -0.2) is 107 Å². The largest absolute Gasteiger partial charge is 0.464 e. The lowest BCUT2D eigenvalue weighted by atomic mass is 10.0. The first-order chi connectivity index (χ1) is 32.1. The third-order valence-electron chi connectivity index (χ3n) is 12.9. The Kier molecular flexibility index (Phi) is 12.0. The summed E-state index contributed by atoms with van der Waals surface area (Å²) in [5.74, 6) is -0.589. The van der Waals surface area contributed by atoms with Crippen molar-refractivity contribution >= 4 is 46.4 Å². The van der Waals surface area contributed by atoms with Gasteiger partial charge in [-0.2, -0.15) is 4.37 Å². The molecule has 2 unspecified atom stereocenters. The summed E-state index contributed by atoms with van der Waals surface area (Å²) in [5, 5.41) is 18.1. The maximum atomic E-state index is 16.8. The number of fused-ring (bicyclic) bond motifs is 5. The van der Waals surface area contributed by atoms with Crippen LogP contribution in [0, 0.1) is 24.6 Å². The fraction of sp³-hybridized carbons (Fsp3) is 0.426. The van der Waals surface area contributed by atoms with E-state index in [0.29, 0.717) is 53.6 Å². The van der Waals surface area contributed by atoms with Gasteiger partial charge in [0.1, 0.15) is 29.5 Å². The normalized spacial score (nSPS) is 19.9. The molecule has 0 radical (unpaired) electrons. The van der Waals surface area contributed by atoms with Crippen molar-refractivity contribution < 1.29 is 42.9 Å². The number of rotatable bonds is 11. The Bertz CT molecular complexity index is 2890. The Morgan fingerprint density at radius 1 is 0.896 bits per heavy atom. The van der Waals surface area contributed by atoms with Crippen LogP contribution in [-0.2, 0) is 24.8 Å². The summed E-state index contributed by atoms with van der Waals surface area (Å²) < 4.78 is 39.6. The maximum Gasteiger partial charge on any atom is 0.407 e. The number of aryl methyl sites for hydroxylation is 1. The van der Waals surface area contributed by atoms with Crippen LogP contribution in [0.25, 0.3) is 44.7 Å². The van der Waals surface area contributed by atoms with Gasteiger partial charge in [-0.05, 0) is 86.0 Å². The fourth-order valence-electron chi connectivity index (χ4n) is 9.51. The van der Waals surface area contributed by atoms with E-state index in [1.54, 1.807) is 37.2 Å². The highest BCUT2D eigenvalue weighted by Gasteiger charge is 2.48. The first-order valence-electron chi connectivity index (χ1n) is 22.3. The van der Waals surface area contributed by atoms with Crippen LogP contribution >= 0.6 is 11.5 Å². The molecule has 0 aliphatic carbocycles. The summed E-state index contributed by atoms with van der Waals surface area (Å²) in [7, 11) is 2.48. The summed E-state index contributed by atoms with van der Waals surface area (Å²) in [6.07, 6.45) is 3.29. The number of alkyl carbamates (subject to hydrolysis) is 2. The van der Waals surface area contributed by atoms with Crippen LogP contribution in [0.1, 0.15) is 87.9 Å². The number of nitrogens with zero attached hydrogens (tertiary/aromatic N) is 6. The van der Waals surface area contributed by atoms with Crippen molar-refractivity contribution in [1.82, 2.24) is 49.3 Å². The highest BCUT2D eigenvalue weighted by molar-refractivity contribution is 7.05. The average Bonchev–Trinajstić information content (AvgIpc) is 4.17. The number of hydrogen-bond donors (Lipinski definition) is 5. The molecule has 5 atom stereocenters. The Morgan fingerprint density at radius 2 is 1.60 bits per heavy atom. The second-order valence-electron chi connectivity index (χ2n) is 18.0. The van der Waals surface area contributed by atoms with Crippen molar-refractivity contribution in [2.45, 2.75) is 90.4 Å². The monoisotopic (exact) mass is 936 g/mol. The number of benzene rings is 2. The summed E-state index contributed by atoms with van der Waals surface area (Å²) in [6.45, 7) is 9.99. The molecule has 3 aliphatic rings. The fourth-order valence-corrected chi connectivity index (χ4v) is 10.3. The van der Waals surface area contributed by atoms with Gasteiger partial charge in [0.25, 0.3) is 0 Å². The van der Waals surface area contributed by atoms with E-state index in [4.69, 9.17) is 14.2 Å². The molecule has 5 N–H and O–H groups in total. The number of carbonyl (C=O) groups is 4. The number of ether oxygens (including phenoxy) is 3. The van der Waals surface area contributed by atoms with Gasteiger partial charge in [-0.1, -0.05) is 33.8 Å². The van der Waals surface area contributed by atoms with Crippen LogP contribution in [0.5, 0.6) is 5.75 Å². The zero-order chi connectivity index (χ0) is 47.5. The lowest BCUT2D eigenvalue weighted by Gasteiger charge is -2.35. The van der Waals surface area contributed by atoms with E-state index in [1.807, 2.05) is 55.7 Å². The quantitative estimate of drug-likeness (QED) is 0.0880. The molecule has 9 rings (SSSR count). The van der Waals surface area contributed by atoms with Crippen molar-refractivity contribution in [1.29, 1.82) is 0 Å². The number of aromatic nitrogens is 6. The van der Waals surface area contributed by atoms with Gasteiger partial charge in [0, 0.05) is 36.0 Å². The van der Waals surface area contributed by atoms with Crippen LogP contribution in [0.2, 0.25) is 0 Å². The minimum absolute atomic E-state index is 0.187. The minimum Gasteiger partial charge on any atom is -0.464 e. The minimum atomic E-state index is -1.74. The first-order valence-corrected chi connectivity index (χ1v) is 23.1. The Morgan fingerprint density at radius 3 is 2.28 bits per heavy atom. The number of methoxy groups -OCH3 is 2. The number of halogens is 1. The number of aromatic amines is 2. The summed E-state index contributed by atoms with van der Waals surface area (Å²) in [4.78, 5) is 71.5. The van der Waals surface area contributed by atoms with E-state index >= 15 is 4.39 Å². The number of aliphatic hydroxyl groups is 1. The predicted molar refractivity (Wildman–Crippen MR) is 245 cm³/mol. The van der Waals surface area contributed by atoms with Gasteiger partial charge in [0.15, 0.2) is 11.5 Å². The smallest absolute Gasteiger partial charge is 0.407 e. The molecule has 2 fully saturated rings. The van der Waals surface area contributed by atoms with Gasteiger partial charge < -0.3 is 49.7 Å². The Labute approximate surface area is 389 Å². The van der Waals surface area contributed by atoms with Crippen molar-refractivity contribution in [3.05, 3.63) is 82.9 Å². The molecular formula is C47H53FN10O8S. The highest BCUT2D eigenvalue weighted by Crippen LogP contribution is 2.48. The standard InChI is InChI=1S/C47H53FN10O8S/c1-23(2)38(53-45(61)64-6)41(59)56-14-8-10-33(56)40-49-21-31(51-40)27-18-29(48)37-34-19-28-17-26(11-12-32(28)58(34)43(66-35(37)20-27)36-16-25(5)55-67-36)30-22-50-44(52-30)47(63)13-9-15-57(47)42(60)39(24(3)4)54-46(62)65-7/h11-12,16-24,33,38-39,43,63H,8-10,13-15H2,1-7H3,(H,49,51)(H,50,52)(H,53,61)(H,54,62)/t33-,38?,39-,43?,47-/m0/s1. The van der Waals surface area contributed by atoms with Crippen LogP contribution in [0.15, 0.2) is 54.9 Å². The SMILES string of the molecule is COC(=O)NC(C(=O)N1CCC[C@H]1c1ncc(-c2cc(F)c3c(c2)OC(c2cc(C)ns2)n2c-3cc3cc(-c4cnc([C@@]5(O)CCCN5C(=O)[C@@H](NC(=O)OC)C(C)C)[nH]4)ccc32)[nH]1)C(C)C. The van der Waals surface area contributed by atoms with E-state index in [9.17, 15) is 24.3 Å².